The van der Waals surface area contributed by atoms with Crippen molar-refractivity contribution in [2.24, 2.45) is 5.73 Å². The van der Waals surface area contributed by atoms with E-state index in [0.29, 0.717) is 33.4 Å². The number of cyclic esters (lactones) is 1. The maximum Gasteiger partial charge on any atom is 0.343 e. The SMILES string of the molecule is CC[C@@]1(O)C(=O)OCc2c1cc1n(c2=O)Cc2c-1nc1ccc(OC(C)=O)cc1c2C(=N)N. The summed E-state index contributed by atoms with van der Waals surface area (Å²) in [4.78, 5) is 41.7. The van der Waals surface area contributed by atoms with Crippen LogP contribution in [0.5, 0.6) is 5.75 Å². The molecule has 3 aromatic rings. The van der Waals surface area contributed by atoms with Crippen molar-refractivity contribution >= 4 is 28.7 Å². The zero-order chi connectivity index (χ0) is 23.7. The predicted octanol–water partition coefficient (Wildman–Crippen LogP) is 1.29. The molecule has 0 saturated heterocycles. The van der Waals surface area contributed by atoms with Crippen molar-refractivity contribution in [2.75, 3.05) is 0 Å². The molecule has 0 bridgehead atoms. The molecule has 2 aliphatic heterocycles. The number of nitrogens with one attached hydrogen (secondary N) is 1. The number of amidine groups is 1. The lowest BCUT2D eigenvalue weighted by Gasteiger charge is -2.31. The number of pyridine rings is 2. The van der Waals surface area contributed by atoms with Gasteiger partial charge < -0.3 is 24.9 Å². The van der Waals surface area contributed by atoms with Crippen molar-refractivity contribution in [3.63, 3.8) is 0 Å². The number of nitrogens with zero attached hydrogens (tertiary/aromatic N) is 2. The number of carbonyl (C=O) groups excluding carboxylic acids is 2. The number of esters is 2. The first-order chi connectivity index (χ1) is 15.7. The van der Waals surface area contributed by atoms with E-state index in [1.54, 1.807) is 31.2 Å². The summed E-state index contributed by atoms with van der Waals surface area (Å²) in [5, 5.41) is 19.7. The summed E-state index contributed by atoms with van der Waals surface area (Å²) in [5.41, 5.74) is 6.30. The Hall–Kier alpha value is -4.05. The molecule has 0 amide bonds. The molecular formula is C23H20N4O6. The van der Waals surface area contributed by atoms with Gasteiger partial charge in [-0.2, -0.15) is 0 Å². The van der Waals surface area contributed by atoms with Crippen LogP contribution in [0.2, 0.25) is 0 Å². The van der Waals surface area contributed by atoms with Gasteiger partial charge in [0.05, 0.1) is 29.0 Å². The summed E-state index contributed by atoms with van der Waals surface area (Å²) in [6.07, 6.45) is 0.0390. The van der Waals surface area contributed by atoms with Crippen molar-refractivity contribution < 1.29 is 24.2 Å². The second-order valence-electron chi connectivity index (χ2n) is 8.10. The zero-order valence-electron chi connectivity index (χ0n) is 17.9. The smallest absolute Gasteiger partial charge is 0.343 e. The minimum absolute atomic E-state index is 0.0390. The first kappa shape index (κ1) is 20.8. The average Bonchev–Trinajstić information content (AvgIpc) is 3.12. The Kier molecular flexibility index (Phi) is 4.40. The largest absolute Gasteiger partial charge is 0.458 e. The average molecular weight is 448 g/mol. The van der Waals surface area contributed by atoms with Crippen LogP contribution in [-0.4, -0.2) is 32.4 Å². The van der Waals surface area contributed by atoms with Crippen LogP contribution in [0.3, 0.4) is 0 Å². The summed E-state index contributed by atoms with van der Waals surface area (Å²) in [6.45, 7) is 2.79. The van der Waals surface area contributed by atoms with Crippen LogP contribution in [0.25, 0.3) is 22.3 Å². The topological polar surface area (TPSA) is 158 Å². The molecule has 1 aromatic carbocycles. The number of fused-ring (bicyclic) bond motifs is 5. The van der Waals surface area contributed by atoms with Gasteiger partial charge in [-0.1, -0.05) is 6.92 Å². The molecule has 0 fully saturated rings. The van der Waals surface area contributed by atoms with Gasteiger partial charge in [0, 0.05) is 29.0 Å². The number of ether oxygens (including phenoxy) is 2. The molecule has 4 N–H and O–H groups in total. The molecule has 33 heavy (non-hydrogen) atoms. The Labute approximate surface area is 187 Å². The molecule has 10 heteroatoms. The number of rotatable bonds is 3. The van der Waals surface area contributed by atoms with Gasteiger partial charge in [0.1, 0.15) is 18.2 Å². The van der Waals surface area contributed by atoms with E-state index in [-0.39, 0.29) is 42.3 Å². The predicted molar refractivity (Wildman–Crippen MR) is 117 cm³/mol. The van der Waals surface area contributed by atoms with Crippen LogP contribution in [0.1, 0.15) is 42.5 Å². The molecule has 2 aromatic heterocycles. The van der Waals surface area contributed by atoms with Crippen molar-refractivity contribution in [2.45, 2.75) is 39.0 Å². The fourth-order valence-electron chi connectivity index (χ4n) is 4.60. The highest BCUT2D eigenvalue weighted by Gasteiger charge is 2.45. The summed E-state index contributed by atoms with van der Waals surface area (Å²) >= 11 is 0. The molecule has 168 valence electrons. The van der Waals surface area contributed by atoms with E-state index >= 15 is 0 Å². The van der Waals surface area contributed by atoms with E-state index in [1.807, 2.05) is 0 Å². The molecule has 10 nitrogen and oxygen atoms in total. The highest BCUT2D eigenvalue weighted by Crippen LogP contribution is 2.40. The Balaban J connectivity index is 1.80. The lowest BCUT2D eigenvalue weighted by atomic mass is 9.86. The van der Waals surface area contributed by atoms with Crippen molar-refractivity contribution in [1.82, 2.24) is 9.55 Å². The molecule has 2 aliphatic rings. The number of aromatic nitrogens is 2. The summed E-state index contributed by atoms with van der Waals surface area (Å²) in [5.74, 6) is -1.23. The first-order valence-electron chi connectivity index (χ1n) is 10.3. The normalized spacial score (nSPS) is 18.3. The van der Waals surface area contributed by atoms with Crippen molar-refractivity contribution in [3.8, 4) is 17.1 Å². The number of aliphatic hydroxyl groups is 1. The molecular weight excluding hydrogens is 428 g/mol. The summed E-state index contributed by atoms with van der Waals surface area (Å²) in [7, 11) is 0. The quantitative estimate of drug-likeness (QED) is 0.183. The van der Waals surface area contributed by atoms with Gasteiger partial charge in [-0.05, 0) is 30.7 Å². The second-order valence-corrected chi connectivity index (χ2v) is 8.10. The molecule has 1 atom stereocenters. The molecule has 0 aliphatic carbocycles. The molecule has 4 heterocycles. The Morgan fingerprint density at radius 1 is 1.33 bits per heavy atom. The number of hydrogen-bond donors (Lipinski definition) is 3. The third-order valence-corrected chi connectivity index (χ3v) is 6.19. The number of nitrogens with two attached hydrogens (primary N) is 1. The minimum atomic E-state index is -1.93. The third-order valence-electron chi connectivity index (χ3n) is 6.19. The van der Waals surface area contributed by atoms with Crippen LogP contribution >= 0.6 is 0 Å². The Bertz CT molecular complexity index is 1470. The van der Waals surface area contributed by atoms with E-state index in [4.69, 9.17) is 25.6 Å². The lowest BCUT2D eigenvalue weighted by molar-refractivity contribution is -0.172. The van der Waals surface area contributed by atoms with Crippen molar-refractivity contribution in [1.29, 1.82) is 5.41 Å². The maximum absolute atomic E-state index is 13.3. The standard InChI is InChI=1S/C23H20N4O6/c1-3-23(31)15-7-17-19-13(8-27(17)21(29)14(15)9-32-22(23)30)18(20(24)25)12-6-11(33-10(2)28)4-5-16(12)26-19/h4-7,31H,3,8-9H2,1-2H3,(H3,24,25)/t23-/m0/s1. The number of hydrogen-bond acceptors (Lipinski definition) is 8. The second kappa shape index (κ2) is 6.97. The van der Waals surface area contributed by atoms with Gasteiger partial charge in [0.2, 0.25) is 0 Å². The van der Waals surface area contributed by atoms with Crippen LogP contribution < -0.4 is 16.0 Å². The fourth-order valence-corrected chi connectivity index (χ4v) is 4.60. The van der Waals surface area contributed by atoms with Gasteiger partial charge >= 0.3 is 11.9 Å². The zero-order valence-corrected chi connectivity index (χ0v) is 17.9. The molecule has 0 spiro atoms. The van der Waals surface area contributed by atoms with Gasteiger partial charge in [0.25, 0.3) is 5.56 Å². The van der Waals surface area contributed by atoms with E-state index in [2.05, 4.69) is 0 Å². The summed E-state index contributed by atoms with van der Waals surface area (Å²) < 4.78 is 11.7. The van der Waals surface area contributed by atoms with Crippen LogP contribution in [-0.2, 0) is 33.1 Å². The van der Waals surface area contributed by atoms with E-state index in [9.17, 15) is 19.5 Å². The molecule has 0 unspecified atom stereocenters. The van der Waals surface area contributed by atoms with Crippen LogP contribution in [0.4, 0.5) is 0 Å². The number of carbonyl (C=O) groups is 2. The molecule has 0 saturated carbocycles. The third kappa shape index (κ3) is 2.87. The highest BCUT2D eigenvalue weighted by molar-refractivity contribution is 6.10. The number of benzene rings is 1. The van der Waals surface area contributed by atoms with E-state index < -0.39 is 23.1 Å². The van der Waals surface area contributed by atoms with E-state index in [0.717, 1.165) is 0 Å². The Morgan fingerprint density at radius 3 is 2.76 bits per heavy atom. The maximum atomic E-state index is 13.3. The lowest BCUT2D eigenvalue weighted by Crippen LogP contribution is -2.44. The number of nitrogen functional groups attached to an aromatic ring is 1. The monoisotopic (exact) mass is 448 g/mol. The van der Waals surface area contributed by atoms with Crippen LogP contribution in [0.15, 0.2) is 29.1 Å². The van der Waals surface area contributed by atoms with E-state index in [1.165, 1.54) is 11.5 Å². The Morgan fingerprint density at radius 2 is 2.09 bits per heavy atom. The van der Waals surface area contributed by atoms with Gasteiger partial charge in [-0.3, -0.25) is 15.0 Å². The highest BCUT2D eigenvalue weighted by atomic mass is 16.6. The van der Waals surface area contributed by atoms with Gasteiger partial charge in [0.15, 0.2) is 5.60 Å². The van der Waals surface area contributed by atoms with Crippen molar-refractivity contribution in [3.05, 3.63) is 56.9 Å². The molecule has 5 rings (SSSR count). The first-order valence-corrected chi connectivity index (χ1v) is 10.3. The van der Waals surface area contributed by atoms with Crippen LogP contribution in [0, 0.1) is 5.41 Å². The molecule has 0 radical (unpaired) electrons. The van der Waals surface area contributed by atoms with Gasteiger partial charge in [-0.25, -0.2) is 9.78 Å². The van der Waals surface area contributed by atoms with Gasteiger partial charge in [-0.15, -0.1) is 0 Å². The minimum Gasteiger partial charge on any atom is -0.458 e. The summed E-state index contributed by atoms with van der Waals surface area (Å²) in [6, 6.07) is 6.40. The fraction of sp³-hybridized carbons (Fsp3) is 0.261.